The molecule has 0 heterocycles. The summed E-state index contributed by atoms with van der Waals surface area (Å²) >= 11 is 1.85. The van der Waals surface area contributed by atoms with Crippen LogP contribution in [0.1, 0.15) is 13.3 Å². The van der Waals surface area contributed by atoms with Crippen molar-refractivity contribution in [2.75, 3.05) is 0 Å². The van der Waals surface area contributed by atoms with E-state index in [9.17, 15) is 0 Å². The van der Waals surface area contributed by atoms with Crippen LogP contribution >= 0.6 is 22.9 Å². The first kappa shape index (κ1) is 7.07. The maximum atomic E-state index is 6.98. The molecule has 0 rings (SSSR count). The molecule has 0 aliphatic carbocycles. The smallest absolute Gasteiger partial charge is 0.0831 e. The lowest BCUT2D eigenvalue weighted by Crippen LogP contribution is -1.91. The van der Waals surface area contributed by atoms with Gasteiger partial charge in [-0.2, -0.15) is 0 Å². The number of halogens is 1. The molecule has 1 N–H and O–H groups in total. The van der Waals surface area contributed by atoms with Crippen LogP contribution in [0.2, 0.25) is 0 Å². The normalized spacial score (nSPS) is 10.0. The molecule has 0 unspecified atom stereocenters. The first-order valence-electron chi connectivity index (χ1n) is 2.03. The average Bonchev–Trinajstić information content (AvgIpc) is 1.68. The summed E-state index contributed by atoms with van der Waals surface area (Å²) in [5.41, 5.74) is 0.578. The fourth-order valence-electron chi connectivity index (χ4n) is 0.150. The molecule has 40 valence electrons. The van der Waals surface area contributed by atoms with Gasteiger partial charge in [-0.05, 0) is 6.42 Å². The van der Waals surface area contributed by atoms with E-state index in [2.05, 4.69) is 3.21 Å². The Morgan fingerprint density at radius 1 is 2.00 bits per heavy atom. The molecule has 0 saturated heterocycles. The lowest BCUT2D eigenvalue weighted by molar-refractivity contribution is 1.27. The van der Waals surface area contributed by atoms with E-state index in [0.717, 1.165) is 6.42 Å². The van der Waals surface area contributed by atoms with Crippen molar-refractivity contribution in [1.82, 2.24) is 0 Å². The minimum absolute atomic E-state index is 0.578. The van der Waals surface area contributed by atoms with Crippen LogP contribution in [0, 0.1) is 5.41 Å². The van der Waals surface area contributed by atoms with E-state index in [4.69, 9.17) is 5.41 Å². The maximum absolute atomic E-state index is 6.98. The molecule has 2 nitrogen and oxygen atoms in total. The van der Waals surface area contributed by atoms with Crippen LogP contribution in [0.5, 0.6) is 0 Å². The molecule has 0 aromatic rings. The van der Waals surface area contributed by atoms with Crippen LogP contribution < -0.4 is 0 Å². The van der Waals surface area contributed by atoms with Gasteiger partial charge in [-0.25, -0.2) is 3.21 Å². The van der Waals surface area contributed by atoms with Crippen molar-refractivity contribution in [2.45, 2.75) is 13.3 Å². The van der Waals surface area contributed by atoms with Crippen LogP contribution in [0.15, 0.2) is 3.21 Å². The monoisotopic (exact) mass is 210 g/mol. The summed E-state index contributed by atoms with van der Waals surface area (Å²) in [6.07, 6.45) is 2.31. The van der Waals surface area contributed by atoms with Crippen molar-refractivity contribution in [3.63, 3.8) is 0 Å². The quantitative estimate of drug-likeness (QED) is 0.533. The fourth-order valence-corrected chi connectivity index (χ4v) is 0.486. The zero-order chi connectivity index (χ0) is 5.70. The van der Waals surface area contributed by atoms with Gasteiger partial charge in [0.2, 0.25) is 0 Å². The van der Waals surface area contributed by atoms with Crippen molar-refractivity contribution >= 4 is 34.8 Å². The Labute approximate surface area is 57.0 Å². The van der Waals surface area contributed by atoms with Crippen LogP contribution in [0.3, 0.4) is 0 Å². The second-order valence-electron chi connectivity index (χ2n) is 1.11. The Bertz CT molecular complexity index is 87.7. The topological polar surface area (TPSA) is 36.2 Å². The van der Waals surface area contributed by atoms with E-state index >= 15 is 0 Å². The van der Waals surface area contributed by atoms with Crippen LogP contribution in [0.25, 0.3) is 0 Å². The summed E-state index contributed by atoms with van der Waals surface area (Å²) in [4.78, 5) is 0. The standard InChI is InChI=1S/C4H7IN2/c1-2-4(6)3-7-5/h3,6H,2H2,1H3. The molecular formula is C4H7IN2. The van der Waals surface area contributed by atoms with Crippen molar-refractivity contribution in [3.8, 4) is 0 Å². The molecule has 0 aliphatic rings. The summed E-state index contributed by atoms with van der Waals surface area (Å²) in [6.45, 7) is 1.93. The molecule has 0 saturated carbocycles. The summed E-state index contributed by atoms with van der Waals surface area (Å²) in [5, 5.41) is 6.98. The minimum atomic E-state index is 0.578. The Morgan fingerprint density at radius 3 is 2.71 bits per heavy atom. The number of hydrogen-bond donors (Lipinski definition) is 1. The first-order valence-corrected chi connectivity index (χ1v) is 2.99. The van der Waals surface area contributed by atoms with Gasteiger partial charge in [0.1, 0.15) is 0 Å². The highest BCUT2D eigenvalue weighted by Crippen LogP contribution is 1.81. The summed E-state index contributed by atoms with van der Waals surface area (Å²) in [7, 11) is 0. The SMILES string of the molecule is CCC(=N)C=NI. The van der Waals surface area contributed by atoms with E-state index in [-0.39, 0.29) is 0 Å². The third-order valence-electron chi connectivity index (χ3n) is 0.586. The van der Waals surface area contributed by atoms with Crippen molar-refractivity contribution in [3.05, 3.63) is 0 Å². The van der Waals surface area contributed by atoms with E-state index in [1.165, 1.54) is 0 Å². The third kappa shape index (κ3) is 3.91. The van der Waals surface area contributed by atoms with E-state index < -0.39 is 0 Å². The van der Waals surface area contributed by atoms with Gasteiger partial charge in [0.25, 0.3) is 0 Å². The minimum Gasteiger partial charge on any atom is -0.304 e. The number of rotatable bonds is 2. The van der Waals surface area contributed by atoms with E-state index in [0.29, 0.717) is 5.71 Å². The molecule has 0 spiro atoms. The molecule has 0 aliphatic heterocycles. The van der Waals surface area contributed by atoms with E-state index in [1.54, 1.807) is 6.21 Å². The Kier molecular flexibility index (Phi) is 4.28. The van der Waals surface area contributed by atoms with Crippen molar-refractivity contribution < 1.29 is 0 Å². The molecule has 7 heavy (non-hydrogen) atoms. The molecule has 0 bridgehead atoms. The van der Waals surface area contributed by atoms with Crippen molar-refractivity contribution in [2.24, 2.45) is 3.21 Å². The van der Waals surface area contributed by atoms with Gasteiger partial charge in [0.05, 0.1) is 29.1 Å². The highest BCUT2D eigenvalue weighted by Gasteiger charge is 1.80. The molecule has 0 atom stereocenters. The van der Waals surface area contributed by atoms with Crippen LogP contribution in [-0.2, 0) is 0 Å². The molecule has 3 heteroatoms. The molecule has 0 amide bonds. The predicted octanol–water partition coefficient (Wildman–Crippen LogP) is 1.84. The first-order chi connectivity index (χ1) is 3.31. The second-order valence-corrected chi connectivity index (χ2v) is 1.66. The lowest BCUT2D eigenvalue weighted by Gasteiger charge is -1.81. The van der Waals surface area contributed by atoms with Gasteiger partial charge in [0, 0.05) is 5.71 Å². The summed E-state index contributed by atoms with van der Waals surface area (Å²) in [6, 6.07) is 0. The van der Waals surface area contributed by atoms with Gasteiger partial charge < -0.3 is 5.41 Å². The fraction of sp³-hybridized carbons (Fsp3) is 0.500. The largest absolute Gasteiger partial charge is 0.304 e. The molecule has 0 radical (unpaired) electrons. The maximum Gasteiger partial charge on any atom is 0.0831 e. The lowest BCUT2D eigenvalue weighted by atomic mass is 10.3. The van der Waals surface area contributed by atoms with Crippen LogP contribution in [-0.4, -0.2) is 11.9 Å². The summed E-state index contributed by atoms with van der Waals surface area (Å²) < 4.78 is 3.63. The molecule has 0 fully saturated rings. The van der Waals surface area contributed by atoms with Gasteiger partial charge in [-0.1, -0.05) is 6.92 Å². The van der Waals surface area contributed by atoms with Gasteiger partial charge in [-0.3, -0.25) is 0 Å². The average molecular weight is 210 g/mol. The molecular weight excluding hydrogens is 203 g/mol. The predicted molar refractivity (Wildman–Crippen MR) is 40.5 cm³/mol. The molecule has 0 aromatic carbocycles. The second kappa shape index (κ2) is 4.23. The Morgan fingerprint density at radius 2 is 2.57 bits per heavy atom. The van der Waals surface area contributed by atoms with Gasteiger partial charge in [0.15, 0.2) is 0 Å². The number of nitrogens with zero attached hydrogens (tertiary/aromatic N) is 1. The summed E-state index contributed by atoms with van der Waals surface area (Å²) in [5.74, 6) is 0. The van der Waals surface area contributed by atoms with E-state index in [1.807, 2.05) is 29.8 Å². The highest BCUT2D eigenvalue weighted by molar-refractivity contribution is 14.1. The Hall–Kier alpha value is 0.0700. The highest BCUT2D eigenvalue weighted by atomic mass is 127. The molecule has 0 aromatic heterocycles. The number of hydrogen-bond acceptors (Lipinski definition) is 2. The van der Waals surface area contributed by atoms with Gasteiger partial charge in [-0.15, -0.1) is 0 Å². The van der Waals surface area contributed by atoms with Crippen LogP contribution in [0.4, 0.5) is 0 Å². The third-order valence-corrected chi connectivity index (χ3v) is 0.864. The van der Waals surface area contributed by atoms with Crippen molar-refractivity contribution in [1.29, 1.82) is 5.41 Å². The zero-order valence-electron chi connectivity index (χ0n) is 4.11. The zero-order valence-corrected chi connectivity index (χ0v) is 6.27. The Balaban J connectivity index is 3.37. The number of nitrogens with one attached hydrogen (secondary N) is 1. The van der Waals surface area contributed by atoms with Gasteiger partial charge >= 0.3 is 0 Å².